The van der Waals surface area contributed by atoms with Crippen LogP contribution in [0.15, 0.2) is 30.5 Å². The summed E-state index contributed by atoms with van der Waals surface area (Å²) < 4.78 is 0. The third-order valence-corrected chi connectivity index (χ3v) is 3.80. The van der Waals surface area contributed by atoms with E-state index in [9.17, 15) is 4.79 Å². The molecule has 0 spiro atoms. The highest BCUT2D eigenvalue weighted by Gasteiger charge is 2.13. The van der Waals surface area contributed by atoms with Gasteiger partial charge in [0.15, 0.2) is 0 Å². The van der Waals surface area contributed by atoms with Crippen LogP contribution in [-0.4, -0.2) is 12.1 Å². The van der Waals surface area contributed by atoms with Gasteiger partial charge >= 0.3 is 6.03 Å². The number of carbonyl (C=O) groups is 1. The minimum absolute atomic E-state index is 0.123. The number of urea groups is 1. The highest BCUT2D eigenvalue weighted by atomic mass is 35.5. The molecule has 0 heterocycles. The highest BCUT2D eigenvalue weighted by molar-refractivity contribution is 6.30. The van der Waals surface area contributed by atoms with Gasteiger partial charge in [-0.2, -0.15) is 0 Å². The van der Waals surface area contributed by atoms with Crippen molar-refractivity contribution in [3.8, 4) is 0 Å². The third-order valence-electron chi connectivity index (χ3n) is 3.55. The summed E-state index contributed by atoms with van der Waals surface area (Å²) in [5.41, 5.74) is 1.00. The predicted octanol–water partition coefficient (Wildman–Crippen LogP) is 4.33. The standard InChI is InChI=1S/C16H21ClN2O/c17-14-9-7-13(8-10-14)11-12-18-16(20)19-15-5-3-1-2-4-6-15/h7-12,15H,1-6H2,(H2,18,19,20)/b12-11+. The Balaban J connectivity index is 1.75. The van der Waals surface area contributed by atoms with Gasteiger partial charge in [-0.1, -0.05) is 49.4 Å². The molecule has 1 aliphatic rings. The van der Waals surface area contributed by atoms with E-state index in [2.05, 4.69) is 10.6 Å². The Kier molecular flexibility index (Phi) is 5.93. The predicted molar refractivity (Wildman–Crippen MR) is 83.6 cm³/mol. The van der Waals surface area contributed by atoms with Crippen LogP contribution < -0.4 is 10.6 Å². The van der Waals surface area contributed by atoms with Gasteiger partial charge in [0, 0.05) is 17.3 Å². The average Bonchev–Trinajstić information content (AvgIpc) is 2.70. The fourth-order valence-corrected chi connectivity index (χ4v) is 2.56. The summed E-state index contributed by atoms with van der Waals surface area (Å²) in [5.74, 6) is 0. The van der Waals surface area contributed by atoms with E-state index < -0.39 is 0 Å². The maximum absolute atomic E-state index is 11.8. The maximum atomic E-state index is 11.8. The van der Waals surface area contributed by atoms with Crippen molar-refractivity contribution in [2.24, 2.45) is 0 Å². The van der Waals surface area contributed by atoms with E-state index in [-0.39, 0.29) is 6.03 Å². The smallest absolute Gasteiger partial charge is 0.318 e. The molecule has 0 aromatic heterocycles. The molecule has 1 saturated carbocycles. The van der Waals surface area contributed by atoms with Crippen molar-refractivity contribution >= 4 is 23.7 Å². The van der Waals surface area contributed by atoms with Crippen LogP contribution in [0.5, 0.6) is 0 Å². The van der Waals surface area contributed by atoms with Gasteiger partial charge < -0.3 is 10.6 Å². The Morgan fingerprint density at radius 2 is 1.75 bits per heavy atom. The van der Waals surface area contributed by atoms with Crippen molar-refractivity contribution < 1.29 is 4.79 Å². The Morgan fingerprint density at radius 1 is 1.10 bits per heavy atom. The summed E-state index contributed by atoms with van der Waals surface area (Å²) in [5, 5.41) is 6.49. The third kappa shape index (κ3) is 5.25. The Bertz CT molecular complexity index is 448. The molecular formula is C16H21ClN2O. The summed E-state index contributed by atoms with van der Waals surface area (Å²) >= 11 is 5.81. The molecule has 1 aromatic rings. The molecule has 0 saturated heterocycles. The van der Waals surface area contributed by atoms with Gasteiger partial charge in [-0.3, -0.25) is 0 Å². The Labute approximate surface area is 125 Å². The zero-order chi connectivity index (χ0) is 14.2. The highest BCUT2D eigenvalue weighted by Crippen LogP contribution is 2.17. The van der Waals surface area contributed by atoms with E-state index in [1.807, 2.05) is 30.3 Å². The first kappa shape index (κ1) is 14.9. The van der Waals surface area contributed by atoms with Crippen molar-refractivity contribution in [3.63, 3.8) is 0 Å². The number of halogens is 1. The van der Waals surface area contributed by atoms with Crippen molar-refractivity contribution in [2.45, 2.75) is 44.6 Å². The van der Waals surface area contributed by atoms with Crippen molar-refractivity contribution in [3.05, 3.63) is 41.1 Å². The number of rotatable bonds is 3. The van der Waals surface area contributed by atoms with Crippen molar-refractivity contribution in [1.82, 2.24) is 10.6 Å². The molecule has 3 nitrogen and oxygen atoms in total. The maximum Gasteiger partial charge on any atom is 0.318 e. The van der Waals surface area contributed by atoms with E-state index in [1.54, 1.807) is 6.20 Å². The second kappa shape index (κ2) is 7.95. The molecule has 2 N–H and O–H groups in total. The van der Waals surface area contributed by atoms with Gasteiger partial charge in [0.2, 0.25) is 0 Å². The van der Waals surface area contributed by atoms with Crippen LogP contribution >= 0.6 is 11.6 Å². The number of hydrogen-bond acceptors (Lipinski definition) is 1. The normalized spacial score (nSPS) is 16.9. The molecule has 20 heavy (non-hydrogen) atoms. The molecule has 2 rings (SSSR count). The second-order valence-corrected chi connectivity index (χ2v) is 5.63. The summed E-state index contributed by atoms with van der Waals surface area (Å²) in [6.45, 7) is 0. The van der Waals surface area contributed by atoms with E-state index in [0.29, 0.717) is 11.1 Å². The molecule has 0 unspecified atom stereocenters. The monoisotopic (exact) mass is 292 g/mol. The summed E-state index contributed by atoms with van der Waals surface area (Å²) in [6, 6.07) is 7.66. The van der Waals surface area contributed by atoms with E-state index in [0.717, 1.165) is 18.4 Å². The van der Waals surface area contributed by atoms with Gasteiger partial charge in [0.1, 0.15) is 0 Å². The lowest BCUT2D eigenvalue weighted by molar-refractivity contribution is 0.239. The van der Waals surface area contributed by atoms with Crippen LogP contribution in [0.3, 0.4) is 0 Å². The molecule has 4 heteroatoms. The Morgan fingerprint density at radius 3 is 2.40 bits per heavy atom. The van der Waals surface area contributed by atoms with Crippen LogP contribution in [0.4, 0.5) is 4.79 Å². The first-order valence-electron chi connectivity index (χ1n) is 7.23. The minimum Gasteiger partial charge on any atom is -0.335 e. The lowest BCUT2D eigenvalue weighted by Gasteiger charge is -2.15. The van der Waals surface area contributed by atoms with Crippen LogP contribution in [-0.2, 0) is 0 Å². The number of carbonyl (C=O) groups excluding carboxylic acids is 1. The average molecular weight is 293 g/mol. The summed E-state index contributed by atoms with van der Waals surface area (Å²) in [7, 11) is 0. The lowest BCUT2D eigenvalue weighted by atomic mass is 10.1. The van der Waals surface area contributed by atoms with E-state index in [4.69, 9.17) is 11.6 Å². The van der Waals surface area contributed by atoms with Crippen molar-refractivity contribution in [2.75, 3.05) is 0 Å². The zero-order valence-electron chi connectivity index (χ0n) is 11.6. The molecule has 0 atom stereocenters. The molecule has 1 aromatic carbocycles. The van der Waals surface area contributed by atoms with E-state index >= 15 is 0 Å². The van der Waals surface area contributed by atoms with Crippen LogP contribution in [0, 0.1) is 0 Å². The molecule has 108 valence electrons. The van der Waals surface area contributed by atoms with Gasteiger partial charge in [-0.15, -0.1) is 0 Å². The second-order valence-electron chi connectivity index (χ2n) is 5.19. The largest absolute Gasteiger partial charge is 0.335 e. The number of hydrogen-bond donors (Lipinski definition) is 2. The number of nitrogens with one attached hydrogen (secondary N) is 2. The first-order valence-corrected chi connectivity index (χ1v) is 7.61. The van der Waals surface area contributed by atoms with Gasteiger partial charge in [-0.25, -0.2) is 4.79 Å². The SMILES string of the molecule is O=C(N/C=C/c1ccc(Cl)cc1)NC1CCCCCC1. The van der Waals surface area contributed by atoms with Crippen molar-refractivity contribution in [1.29, 1.82) is 0 Å². The molecular weight excluding hydrogens is 272 g/mol. The quantitative estimate of drug-likeness (QED) is 0.800. The van der Waals surface area contributed by atoms with Crippen LogP contribution in [0.25, 0.3) is 6.08 Å². The molecule has 2 amide bonds. The molecule has 0 aliphatic heterocycles. The molecule has 0 bridgehead atoms. The number of benzene rings is 1. The zero-order valence-corrected chi connectivity index (χ0v) is 12.3. The van der Waals surface area contributed by atoms with Gasteiger partial charge in [-0.05, 0) is 36.6 Å². The molecule has 0 radical (unpaired) electrons. The van der Waals surface area contributed by atoms with Gasteiger partial charge in [0.05, 0.1) is 0 Å². The fourth-order valence-electron chi connectivity index (χ4n) is 2.44. The number of amides is 2. The van der Waals surface area contributed by atoms with Crippen LogP contribution in [0.1, 0.15) is 44.1 Å². The Hall–Kier alpha value is -1.48. The summed E-state index contributed by atoms with van der Waals surface area (Å²) in [6.07, 6.45) is 10.7. The van der Waals surface area contributed by atoms with E-state index in [1.165, 1.54) is 25.7 Å². The first-order chi connectivity index (χ1) is 9.74. The topological polar surface area (TPSA) is 41.1 Å². The molecule has 1 fully saturated rings. The fraction of sp³-hybridized carbons (Fsp3) is 0.438. The summed E-state index contributed by atoms with van der Waals surface area (Å²) in [4.78, 5) is 11.8. The minimum atomic E-state index is -0.123. The van der Waals surface area contributed by atoms with Crippen LogP contribution in [0.2, 0.25) is 5.02 Å². The van der Waals surface area contributed by atoms with Gasteiger partial charge in [0.25, 0.3) is 0 Å². The molecule has 1 aliphatic carbocycles. The lowest BCUT2D eigenvalue weighted by Crippen LogP contribution is -2.39.